The van der Waals surface area contributed by atoms with E-state index in [4.69, 9.17) is 4.74 Å². The molecule has 1 unspecified atom stereocenters. The zero-order valence-corrected chi connectivity index (χ0v) is 9.73. The summed E-state index contributed by atoms with van der Waals surface area (Å²) in [6, 6.07) is 0. The monoisotopic (exact) mass is 258 g/mol. The average Bonchev–Trinajstić information content (AvgIpc) is 1.59. The molecule has 0 spiro atoms. The second-order valence-corrected chi connectivity index (χ2v) is 10.6. The Morgan fingerprint density at radius 3 is 2.00 bits per heavy atom. The van der Waals surface area contributed by atoms with E-state index in [0.29, 0.717) is 4.11 Å². The fraction of sp³-hybridized carbons (Fsp3) is 1.00. The van der Waals surface area contributed by atoms with Crippen molar-refractivity contribution >= 4 is 30.7 Å². The van der Waals surface area contributed by atoms with Crippen LogP contribution in [0, 0.1) is 0 Å². The minimum absolute atomic E-state index is 0.370. The van der Waals surface area contributed by atoms with E-state index < -0.39 is 8.07 Å². The van der Waals surface area contributed by atoms with Gasteiger partial charge in [-0.1, -0.05) is 42.2 Å². The van der Waals surface area contributed by atoms with Crippen molar-refractivity contribution in [3.05, 3.63) is 0 Å². The van der Waals surface area contributed by atoms with Crippen LogP contribution in [0.4, 0.5) is 0 Å². The van der Waals surface area contributed by atoms with Gasteiger partial charge in [0.25, 0.3) is 0 Å². The van der Waals surface area contributed by atoms with Gasteiger partial charge in [-0.05, 0) is 6.92 Å². The number of rotatable bonds is 3. The first-order valence-corrected chi connectivity index (χ1v) is 8.13. The standard InChI is InChI=1S/C6H15IOSi/c1-6(7)8-5-9(2,3)4/h6H,5H2,1-4H3. The van der Waals surface area contributed by atoms with E-state index in [9.17, 15) is 0 Å². The molecule has 0 amide bonds. The van der Waals surface area contributed by atoms with E-state index >= 15 is 0 Å². The lowest BCUT2D eigenvalue weighted by Gasteiger charge is -2.16. The molecule has 0 aromatic carbocycles. The Kier molecular flexibility index (Phi) is 4.32. The van der Waals surface area contributed by atoms with Crippen LogP contribution < -0.4 is 0 Å². The molecule has 0 aliphatic carbocycles. The fourth-order valence-electron chi connectivity index (χ4n) is 0.365. The smallest absolute Gasteiger partial charge is 0.105 e. The summed E-state index contributed by atoms with van der Waals surface area (Å²) in [6.45, 7) is 9.00. The third-order valence-electron chi connectivity index (χ3n) is 0.746. The number of alkyl halides is 1. The van der Waals surface area contributed by atoms with E-state index in [-0.39, 0.29) is 0 Å². The van der Waals surface area contributed by atoms with Crippen LogP contribution in [0.25, 0.3) is 0 Å². The Balaban J connectivity index is 3.28. The van der Waals surface area contributed by atoms with Crippen LogP contribution in [0.3, 0.4) is 0 Å². The van der Waals surface area contributed by atoms with Crippen molar-refractivity contribution in [1.82, 2.24) is 0 Å². The van der Waals surface area contributed by atoms with Crippen LogP contribution in [-0.2, 0) is 4.74 Å². The van der Waals surface area contributed by atoms with Crippen LogP contribution in [0.2, 0.25) is 19.6 Å². The summed E-state index contributed by atoms with van der Waals surface area (Å²) in [5.41, 5.74) is 0. The van der Waals surface area contributed by atoms with Gasteiger partial charge in [-0.25, -0.2) is 0 Å². The fourth-order valence-corrected chi connectivity index (χ4v) is 1.63. The molecule has 0 radical (unpaired) electrons. The number of hydrogen-bond acceptors (Lipinski definition) is 1. The predicted octanol–water partition coefficient (Wildman–Crippen LogP) is 2.66. The number of ether oxygens (including phenoxy) is 1. The van der Waals surface area contributed by atoms with Crippen LogP contribution in [0.5, 0.6) is 0 Å². The molecule has 0 aliphatic heterocycles. The summed E-state index contributed by atoms with van der Waals surface area (Å²) < 4.78 is 5.82. The summed E-state index contributed by atoms with van der Waals surface area (Å²) in [5.74, 6) is 0. The number of halogens is 1. The molecule has 9 heavy (non-hydrogen) atoms. The molecule has 0 N–H and O–H groups in total. The van der Waals surface area contributed by atoms with Gasteiger partial charge in [0.1, 0.15) is 4.11 Å². The molecule has 0 aliphatic rings. The highest BCUT2D eigenvalue weighted by molar-refractivity contribution is 14.1. The SMILES string of the molecule is CC(I)OC[Si](C)(C)C. The summed E-state index contributed by atoms with van der Waals surface area (Å²) in [5, 5.41) is 0. The van der Waals surface area contributed by atoms with Crippen LogP contribution >= 0.6 is 22.6 Å². The van der Waals surface area contributed by atoms with Crippen molar-refractivity contribution in [2.45, 2.75) is 30.7 Å². The normalized spacial score (nSPS) is 15.7. The third kappa shape index (κ3) is 8.91. The Hall–Kier alpha value is 0.907. The molecule has 0 heterocycles. The molecule has 0 bridgehead atoms. The second kappa shape index (κ2) is 3.93. The molecule has 56 valence electrons. The lowest BCUT2D eigenvalue weighted by Crippen LogP contribution is -2.29. The van der Waals surface area contributed by atoms with Gasteiger partial charge in [0.15, 0.2) is 0 Å². The average molecular weight is 258 g/mol. The maximum absolute atomic E-state index is 5.45. The lowest BCUT2D eigenvalue weighted by molar-refractivity contribution is 0.174. The van der Waals surface area contributed by atoms with Crippen molar-refractivity contribution < 1.29 is 4.74 Å². The first-order chi connectivity index (χ1) is 3.92. The van der Waals surface area contributed by atoms with Crippen molar-refractivity contribution in [3.8, 4) is 0 Å². The van der Waals surface area contributed by atoms with Gasteiger partial charge in [-0.15, -0.1) is 0 Å². The molecule has 0 rings (SSSR count). The topological polar surface area (TPSA) is 9.23 Å². The molecule has 1 nitrogen and oxygen atoms in total. The summed E-state index contributed by atoms with van der Waals surface area (Å²) in [6.07, 6.45) is 0.983. The zero-order chi connectivity index (χ0) is 7.49. The molecule has 0 saturated carbocycles. The van der Waals surface area contributed by atoms with Gasteiger partial charge in [-0.2, -0.15) is 0 Å². The van der Waals surface area contributed by atoms with Crippen molar-refractivity contribution in [3.63, 3.8) is 0 Å². The van der Waals surface area contributed by atoms with E-state index in [1.54, 1.807) is 0 Å². The minimum Gasteiger partial charge on any atom is -0.371 e. The van der Waals surface area contributed by atoms with E-state index in [0.717, 1.165) is 6.23 Å². The van der Waals surface area contributed by atoms with E-state index in [2.05, 4.69) is 49.2 Å². The Morgan fingerprint density at radius 1 is 1.44 bits per heavy atom. The van der Waals surface area contributed by atoms with Crippen LogP contribution in [0.15, 0.2) is 0 Å². The first-order valence-electron chi connectivity index (χ1n) is 3.17. The Labute approximate surface area is 72.3 Å². The molecule has 0 saturated heterocycles. The highest BCUT2D eigenvalue weighted by atomic mass is 127. The van der Waals surface area contributed by atoms with Gasteiger partial charge in [0, 0.05) is 6.23 Å². The van der Waals surface area contributed by atoms with Crippen molar-refractivity contribution in [1.29, 1.82) is 0 Å². The third-order valence-corrected chi connectivity index (χ3v) is 2.14. The maximum atomic E-state index is 5.45. The molecule has 0 fully saturated rings. The van der Waals surface area contributed by atoms with Gasteiger partial charge >= 0.3 is 0 Å². The highest BCUT2D eigenvalue weighted by Crippen LogP contribution is 2.06. The first kappa shape index (κ1) is 9.91. The molecule has 3 heteroatoms. The summed E-state index contributed by atoms with van der Waals surface area (Å²) >= 11 is 2.28. The molecule has 0 aromatic heterocycles. The van der Waals surface area contributed by atoms with E-state index in [1.807, 2.05) is 0 Å². The number of hydrogen-bond donors (Lipinski definition) is 0. The van der Waals surface area contributed by atoms with E-state index in [1.165, 1.54) is 0 Å². The lowest BCUT2D eigenvalue weighted by atomic mass is 10.9. The highest BCUT2D eigenvalue weighted by Gasteiger charge is 2.13. The molecule has 0 aromatic rings. The summed E-state index contributed by atoms with van der Waals surface area (Å²) in [4.78, 5) is 0. The minimum atomic E-state index is -0.947. The Bertz CT molecular complexity index is 77.6. The molecular formula is C6H15IOSi. The second-order valence-electron chi connectivity index (χ2n) is 3.41. The molecular weight excluding hydrogens is 243 g/mol. The van der Waals surface area contributed by atoms with Crippen molar-refractivity contribution in [2.75, 3.05) is 6.23 Å². The van der Waals surface area contributed by atoms with Gasteiger partial charge in [-0.3, -0.25) is 0 Å². The Morgan fingerprint density at radius 2 is 1.89 bits per heavy atom. The van der Waals surface area contributed by atoms with Gasteiger partial charge in [0.2, 0.25) is 0 Å². The van der Waals surface area contributed by atoms with Gasteiger partial charge < -0.3 is 4.74 Å². The summed E-state index contributed by atoms with van der Waals surface area (Å²) in [7, 11) is -0.947. The zero-order valence-electron chi connectivity index (χ0n) is 6.57. The van der Waals surface area contributed by atoms with Crippen LogP contribution in [0.1, 0.15) is 6.92 Å². The van der Waals surface area contributed by atoms with Crippen LogP contribution in [-0.4, -0.2) is 18.4 Å². The largest absolute Gasteiger partial charge is 0.371 e. The van der Waals surface area contributed by atoms with Crippen molar-refractivity contribution in [2.24, 2.45) is 0 Å². The molecule has 1 atom stereocenters. The van der Waals surface area contributed by atoms with Gasteiger partial charge in [0.05, 0.1) is 8.07 Å². The predicted molar refractivity (Wildman–Crippen MR) is 52.8 cm³/mol. The quantitative estimate of drug-likeness (QED) is 0.429. The maximum Gasteiger partial charge on any atom is 0.105 e.